The van der Waals surface area contributed by atoms with Gasteiger partial charge < -0.3 is 10.6 Å². The van der Waals surface area contributed by atoms with Crippen molar-refractivity contribution >= 4 is 17.5 Å². The fraction of sp³-hybridized carbons (Fsp3) is 0.316. The van der Waals surface area contributed by atoms with Gasteiger partial charge in [0.05, 0.1) is 0 Å². The largest absolute Gasteiger partial charge is 0.347 e. The molecule has 1 aromatic heterocycles. The molecule has 2 N–H and O–H groups in total. The van der Waals surface area contributed by atoms with Crippen LogP contribution < -0.4 is 10.6 Å². The van der Waals surface area contributed by atoms with Crippen molar-refractivity contribution < 1.29 is 4.79 Å². The quantitative estimate of drug-likeness (QED) is 0.822. The minimum atomic E-state index is -0.244. The van der Waals surface area contributed by atoms with Crippen LogP contribution in [0.4, 0.5) is 11.6 Å². The van der Waals surface area contributed by atoms with Gasteiger partial charge in [-0.05, 0) is 36.1 Å². The molecule has 0 aliphatic rings. The third kappa shape index (κ3) is 4.65. The topological polar surface area (TPSA) is 66.9 Å². The van der Waals surface area contributed by atoms with Gasteiger partial charge in [-0.3, -0.25) is 4.79 Å². The lowest BCUT2D eigenvalue weighted by molar-refractivity contribution is 0.0953. The standard InChI is InChI=1S/C19H24N4O/c1-6-11-20-17(24)16-12-13(2)21-18(23-16)22-15-9-7-14(8-10-15)19(3,4)5/h6-10,12H,1,11H2,2-5H3,(H,20,24)(H,21,22,23). The smallest absolute Gasteiger partial charge is 0.270 e. The van der Waals surface area contributed by atoms with Crippen LogP contribution in [-0.2, 0) is 5.41 Å². The van der Waals surface area contributed by atoms with E-state index in [1.54, 1.807) is 12.1 Å². The molecule has 1 aromatic carbocycles. The lowest BCUT2D eigenvalue weighted by Gasteiger charge is -2.19. The molecule has 0 radical (unpaired) electrons. The minimum absolute atomic E-state index is 0.106. The highest BCUT2D eigenvalue weighted by Gasteiger charge is 2.13. The van der Waals surface area contributed by atoms with Gasteiger partial charge in [-0.15, -0.1) is 6.58 Å². The number of anilines is 2. The van der Waals surface area contributed by atoms with E-state index in [2.05, 4.69) is 60.1 Å². The van der Waals surface area contributed by atoms with Gasteiger partial charge in [-0.1, -0.05) is 39.0 Å². The molecule has 0 aliphatic carbocycles. The van der Waals surface area contributed by atoms with Gasteiger partial charge in [0.2, 0.25) is 5.95 Å². The number of benzene rings is 1. The summed E-state index contributed by atoms with van der Waals surface area (Å²) < 4.78 is 0. The van der Waals surface area contributed by atoms with Crippen LogP contribution in [0.2, 0.25) is 0 Å². The summed E-state index contributed by atoms with van der Waals surface area (Å²) in [6.45, 7) is 12.3. The zero-order chi connectivity index (χ0) is 17.7. The summed E-state index contributed by atoms with van der Waals surface area (Å²) in [5, 5.41) is 5.87. The summed E-state index contributed by atoms with van der Waals surface area (Å²) in [4.78, 5) is 20.7. The predicted octanol–water partition coefficient (Wildman–Crippen LogP) is 3.74. The van der Waals surface area contributed by atoms with E-state index in [0.29, 0.717) is 18.2 Å². The Labute approximate surface area is 143 Å². The van der Waals surface area contributed by atoms with Crippen LogP contribution in [0.1, 0.15) is 42.5 Å². The summed E-state index contributed by atoms with van der Waals surface area (Å²) >= 11 is 0. The molecule has 24 heavy (non-hydrogen) atoms. The number of aromatic nitrogens is 2. The molecular weight excluding hydrogens is 300 g/mol. The van der Waals surface area contributed by atoms with E-state index in [9.17, 15) is 4.79 Å². The third-order valence-electron chi connectivity index (χ3n) is 3.50. The van der Waals surface area contributed by atoms with E-state index in [1.807, 2.05) is 19.1 Å². The normalized spacial score (nSPS) is 11.0. The Morgan fingerprint density at radius 2 is 1.88 bits per heavy atom. The molecule has 0 fully saturated rings. The molecule has 5 heteroatoms. The average Bonchev–Trinajstić information content (AvgIpc) is 2.51. The van der Waals surface area contributed by atoms with Crippen LogP contribution in [0.25, 0.3) is 0 Å². The zero-order valence-corrected chi connectivity index (χ0v) is 14.7. The van der Waals surface area contributed by atoms with Crippen molar-refractivity contribution in [3.63, 3.8) is 0 Å². The van der Waals surface area contributed by atoms with Crippen LogP contribution >= 0.6 is 0 Å². The van der Waals surface area contributed by atoms with Gasteiger partial charge in [-0.25, -0.2) is 9.97 Å². The Kier molecular flexibility index (Phi) is 5.34. The zero-order valence-electron chi connectivity index (χ0n) is 14.7. The molecule has 0 saturated carbocycles. The van der Waals surface area contributed by atoms with Crippen molar-refractivity contribution in [3.05, 3.63) is 59.9 Å². The maximum Gasteiger partial charge on any atom is 0.270 e. The van der Waals surface area contributed by atoms with Gasteiger partial charge in [-0.2, -0.15) is 0 Å². The fourth-order valence-corrected chi connectivity index (χ4v) is 2.18. The highest BCUT2D eigenvalue weighted by Crippen LogP contribution is 2.24. The molecule has 0 atom stereocenters. The fourth-order valence-electron chi connectivity index (χ4n) is 2.18. The van der Waals surface area contributed by atoms with Crippen LogP contribution in [0.3, 0.4) is 0 Å². The second-order valence-corrected chi connectivity index (χ2v) is 6.67. The van der Waals surface area contributed by atoms with Gasteiger partial charge in [0.1, 0.15) is 5.69 Å². The average molecular weight is 324 g/mol. The maximum atomic E-state index is 12.0. The van der Waals surface area contributed by atoms with Crippen LogP contribution in [0.5, 0.6) is 0 Å². The minimum Gasteiger partial charge on any atom is -0.347 e. The monoisotopic (exact) mass is 324 g/mol. The van der Waals surface area contributed by atoms with Crippen LogP contribution in [0, 0.1) is 6.92 Å². The molecule has 0 aliphatic heterocycles. The molecule has 2 rings (SSSR count). The number of amides is 1. The number of hydrogen-bond acceptors (Lipinski definition) is 4. The van der Waals surface area contributed by atoms with Crippen LogP contribution in [0.15, 0.2) is 43.0 Å². The Morgan fingerprint density at radius 1 is 1.21 bits per heavy atom. The number of carbonyl (C=O) groups excluding carboxylic acids is 1. The van der Waals surface area contributed by atoms with Crippen molar-refractivity contribution in [2.45, 2.75) is 33.1 Å². The first-order chi connectivity index (χ1) is 11.3. The van der Waals surface area contributed by atoms with Crippen molar-refractivity contribution in [2.24, 2.45) is 0 Å². The predicted molar refractivity (Wildman–Crippen MR) is 97.7 cm³/mol. The lowest BCUT2D eigenvalue weighted by atomic mass is 9.87. The Morgan fingerprint density at radius 3 is 2.46 bits per heavy atom. The summed E-state index contributed by atoms with van der Waals surface area (Å²) in [6, 6.07) is 9.80. The second-order valence-electron chi connectivity index (χ2n) is 6.67. The Balaban J connectivity index is 2.19. The molecule has 0 unspecified atom stereocenters. The SMILES string of the molecule is C=CCNC(=O)c1cc(C)nc(Nc2ccc(C(C)(C)C)cc2)n1. The Bertz CT molecular complexity index is 730. The van der Waals surface area contributed by atoms with E-state index >= 15 is 0 Å². The molecule has 0 bridgehead atoms. The van der Waals surface area contributed by atoms with Crippen LogP contribution in [-0.4, -0.2) is 22.4 Å². The molecular formula is C19H24N4O. The van der Waals surface area contributed by atoms with Crippen molar-refractivity contribution in [2.75, 3.05) is 11.9 Å². The molecule has 1 heterocycles. The first kappa shape index (κ1) is 17.7. The van der Waals surface area contributed by atoms with Crippen molar-refractivity contribution in [3.8, 4) is 0 Å². The van der Waals surface area contributed by atoms with Gasteiger partial charge in [0.15, 0.2) is 0 Å². The summed E-state index contributed by atoms with van der Waals surface area (Å²) in [7, 11) is 0. The highest BCUT2D eigenvalue weighted by atomic mass is 16.1. The van der Waals surface area contributed by atoms with E-state index in [4.69, 9.17) is 0 Å². The van der Waals surface area contributed by atoms with E-state index in [-0.39, 0.29) is 11.3 Å². The molecule has 1 amide bonds. The molecule has 2 aromatic rings. The molecule has 0 saturated heterocycles. The summed E-state index contributed by atoms with van der Waals surface area (Å²) in [5.74, 6) is 0.161. The molecule has 126 valence electrons. The highest BCUT2D eigenvalue weighted by molar-refractivity contribution is 5.92. The number of carbonyl (C=O) groups is 1. The number of nitrogens with one attached hydrogen (secondary N) is 2. The van der Waals surface area contributed by atoms with Gasteiger partial charge in [0, 0.05) is 17.9 Å². The first-order valence-electron chi connectivity index (χ1n) is 7.92. The van der Waals surface area contributed by atoms with E-state index < -0.39 is 0 Å². The molecule has 0 spiro atoms. The maximum absolute atomic E-state index is 12.0. The summed E-state index contributed by atoms with van der Waals surface area (Å²) in [5.41, 5.74) is 3.30. The second kappa shape index (κ2) is 7.25. The van der Waals surface area contributed by atoms with Gasteiger partial charge >= 0.3 is 0 Å². The Hall–Kier alpha value is -2.69. The first-order valence-corrected chi connectivity index (χ1v) is 7.92. The van der Waals surface area contributed by atoms with Crippen molar-refractivity contribution in [1.29, 1.82) is 0 Å². The number of hydrogen-bond donors (Lipinski definition) is 2. The van der Waals surface area contributed by atoms with E-state index in [0.717, 1.165) is 11.4 Å². The summed E-state index contributed by atoms with van der Waals surface area (Å²) in [6.07, 6.45) is 1.63. The number of aryl methyl sites for hydroxylation is 1. The van der Waals surface area contributed by atoms with Gasteiger partial charge in [0.25, 0.3) is 5.91 Å². The lowest BCUT2D eigenvalue weighted by Crippen LogP contribution is -2.24. The number of rotatable bonds is 5. The van der Waals surface area contributed by atoms with Crippen molar-refractivity contribution in [1.82, 2.24) is 15.3 Å². The number of nitrogens with zero attached hydrogens (tertiary/aromatic N) is 2. The third-order valence-corrected chi connectivity index (χ3v) is 3.50. The van der Waals surface area contributed by atoms with E-state index in [1.165, 1.54) is 5.56 Å². The molecule has 5 nitrogen and oxygen atoms in total.